The number of nitrogens with one attached hydrogen (secondary N) is 2. The number of likely N-dealkylation sites (tertiary alicyclic amines) is 1. The van der Waals surface area contributed by atoms with E-state index in [1.165, 1.54) is 23.1 Å². The summed E-state index contributed by atoms with van der Waals surface area (Å²) in [6.45, 7) is 1.61. The van der Waals surface area contributed by atoms with E-state index in [9.17, 15) is 21.6 Å². The molecule has 1 saturated heterocycles. The van der Waals surface area contributed by atoms with E-state index in [0.29, 0.717) is 29.4 Å². The summed E-state index contributed by atoms with van der Waals surface area (Å²) in [6, 6.07) is 10.9. The highest BCUT2D eigenvalue weighted by Gasteiger charge is 2.33. The summed E-state index contributed by atoms with van der Waals surface area (Å²) >= 11 is 0. The van der Waals surface area contributed by atoms with E-state index in [0.717, 1.165) is 55.4 Å². The molecular weight excluding hydrogens is 541 g/mol. The van der Waals surface area contributed by atoms with Crippen molar-refractivity contribution in [2.75, 3.05) is 50.7 Å². The van der Waals surface area contributed by atoms with Gasteiger partial charge in [-0.1, -0.05) is 0 Å². The zero-order valence-corrected chi connectivity index (χ0v) is 23.9. The number of hydrogen-bond acceptors (Lipinski definition) is 6. The summed E-state index contributed by atoms with van der Waals surface area (Å²) in [5, 5.41) is 7.82. The molecule has 0 unspecified atom stereocenters. The standard InChI is InChI=1S/C29H37F3N4O3S/c1-35-9-6-22(7-10-35)34-25-14-21(15-27-24(25)8-11-36(27)18-29(30,31)32)20-12-19(13-20)17-33-26-16-23(40(3,37)38)4-5-28(26)39-2/h4-5,8,11,14-16,19-20,22,33-34H,6-7,9-10,12-13,17-18H2,1-3H3. The molecule has 0 radical (unpaired) electrons. The minimum atomic E-state index is -4.30. The first-order chi connectivity index (χ1) is 18.9. The number of nitrogens with zero attached hydrogens (tertiary/aromatic N) is 2. The molecule has 1 saturated carbocycles. The van der Waals surface area contributed by atoms with Crippen LogP contribution in [0.25, 0.3) is 10.9 Å². The second-order valence-corrected chi connectivity index (χ2v) is 13.3. The highest BCUT2D eigenvalue weighted by atomic mass is 32.2. The van der Waals surface area contributed by atoms with Gasteiger partial charge in [0.25, 0.3) is 0 Å². The van der Waals surface area contributed by atoms with Crippen molar-refractivity contribution in [3.05, 3.63) is 48.2 Å². The van der Waals surface area contributed by atoms with Crippen LogP contribution in [-0.4, -0.2) is 70.2 Å². The van der Waals surface area contributed by atoms with Crippen molar-refractivity contribution >= 4 is 32.1 Å². The molecule has 218 valence electrons. The van der Waals surface area contributed by atoms with E-state index < -0.39 is 22.6 Å². The lowest BCUT2D eigenvalue weighted by atomic mass is 9.71. The molecule has 1 aliphatic carbocycles. The van der Waals surface area contributed by atoms with Gasteiger partial charge in [0.15, 0.2) is 9.84 Å². The molecule has 1 aliphatic heterocycles. The van der Waals surface area contributed by atoms with Gasteiger partial charge >= 0.3 is 6.18 Å². The number of aromatic nitrogens is 1. The Morgan fingerprint density at radius 1 is 1.05 bits per heavy atom. The van der Waals surface area contributed by atoms with Crippen molar-refractivity contribution in [2.24, 2.45) is 5.92 Å². The van der Waals surface area contributed by atoms with E-state index in [-0.39, 0.29) is 16.9 Å². The average Bonchev–Trinajstić information content (AvgIpc) is 3.25. The van der Waals surface area contributed by atoms with Crippen LogP contribution >= 0.6 is 0 Å². The van der Waals surface area contributed by atoms with Crippen molar-refractivity contribution in [2.45, 2.75) is 55.3 Å². The van der Waals surface area contributed by atoms with Crippen LogP contribution in [0.15, 0.2) is 47.5 Å². The Bertz CT molecular complexity index is 1460. The lowest BCUT2D eigenvalue weighted by Crippen LogP contribution is -2.36. The first kappa shape index (κ1) is 28.6. The van der Waals surface area contributed by atoms with Gasteiger partial charge in [-0.05, 0) is 99.6 Å². The van der Waals surface area contributed by atoms with Crippen molar-refractivity contribution < 1.29 is 26.3 Å². The van der Waals surface area contributed by atoms with E-state index in [1.807, 2.05) is 6.07 Å². The number of anilines is 2. The number of alkyl halides is 3. The fraction of sp³-hybridized carbons (Fsp3) is 0.517. The molecule has 2 fully saturated rings. The molecule has 0 spiro atoms. The number of rotatable bonds is 9. The number of methoxy groups -OCH3 is 1. The highest BCUT2D eigenvalue weighted by molar-refractivity contribution is 7.90. The molecule has 2 aliphatic rings. The molecule has 0 amide bonds. The molecule has 5 rings (SSSR count). The number of ether oxygens (including phenoxy) is 1. The Kier molecular flexibility index (Phi) is 7.98. The fourth-order valence-corrected chi connectivity index (χ4v) is 6.51. The Labute approximate surface area is 233 Å². The Morgan fingerprint density at radius 3 is 2.42 bits per heavy atom. The fourth-order valence-electron chi connectivity index (χ4n) is 5.86. The molecule has 7 nitrogen and oxygen atoms in total. The minimum absolute atomic E-state index is 0.224. The van der Waals surface area contributed by atoms with Crippen molar-refractivity contribution in [1.82, 2.24) is 9.47 Å². The zero-order chi connectivity index (χ0) is 28.7. The monoisotopic (exact) mass is 578 g/mol. The summed E-state index contributed by atoms with van der Waals surface area (Å²) in [4.78, 5) is 2.52. The number of piperidine rings is 1. The maximum Gasteiger partial charge on any atom is 0.406 e. The van der Waals surface area contributed by atoms with E-state index in [4.69, 9.17) is 4.74 Å². The van der Waals surface area contributed by atoms with E-state index >= 15 is 0 Å². The SMILES string of the molecule is COc1ccc(S(C)(=O)=O)cc1NCC1CC(c2cc(NC3CCN(C)CC3)c3ccn(CC(F)(F)F)c3c2)C1. The van der Waals surface area contributed by atoms with Crippen LogP contribution < -0.4 is 15.4 Å². The summed E-state index contributed by atoms with van der Waals surface area (Å²) in [6.07, 6.45) is 2.17. The van der Waals surface area contributed by atoms with Crippen LogP contribution in [0, 0.1) is 5.92 Å². The van der Waals surface area contributed by atoms with Crippen molar-refractivity contribution in [3.8, 4) is 5.75 Å². The predicted molar refractivity (Wildman–Crippen MR) is 152 cm³/mol. The van der Waals surface area contributed by atoms with Crippen molar-refractivity contribution in [1.29, 1.82) is 0 Å². The lowest BCUT2D eigenvalue weighted by molar-refractivity contribution is -0.139. The second-order valence-electron chi connectivity index (χ2n) is 11.3. The highest BCUT2D eigenvalue weighted by Crippen LogP contribution is 2.44. The average molecular weight is 579 g/mol. The number of halogens is 3. The van der Waals surface area contributed by atoms with Gasteiger partial charge in [0.1, 0.15) is 12.3 Å². The normalized spacial score (nSPS) is 20.9. The van der Waals surface area contributed by atoms with Crippen molar-refractivity contribution in [3.63, 3.8) is 0 Å². The molecule has 0 bridgehead atoms. The quantitative estimate of drug-likeness (QED) is 0.338. The number of sulfone groups is 1. The molecule has 2 heterocycles. The minimum Gasteiger partial charge on any atom is -0.495 e. The van der Waals surface area contributed by atoms with Crippen LogP contribution in [0.4, 0.5) is 24.5 Å². The third kappa shape index (κ3) is 6.52. The number of benzene rings is 2. The third-order valence-electron chi connectivity index (χ3n) is 8.23. The summed E-state index contributed by atoms with van der Waals surface area (Å²) in [5.74, 6) is 1.16. The van der Waals surface area contributed by atoms with Crippen LogP contribution in [0.5, 0.6) is 5.75 Å². The smallest absolute Gasteiger partial charge is 0.406 e. The third-order valence-corrected chi connectivity index (χ3v) is 9.34. The first-order valence-corrected chi connectivity index (χ1v) is 15.6. The van der Waals surface area contributed by atoms with Crippen LogP contribution in [0.1, 0.15) is 37.2 Å². The molecule has 2 aromatic carbocycles. The first-order valence-electron chi connectivity index (χ1n) is 13.7. The lowest BCUT2D eigenvalue weighted by Gasteiger charge is -2.37. The summed E-state index contributed by atoms with van der Waals surface area (Å²) in [5.41, 5.74) is 3.20. The van der Waals surface area contributed by atoms with Crippen LogP contribution in [0.3, 0.4) is 0 Å². The molecule has 3 aromatic rings. The van der Waals surface area contributed by atoms with Gasteiger partial charge in [-0.15, -0.1) is 0 Å². The van der Waals surface area contributed by atoms with Gasteiger partial charge < -0.3 is 24.8 Å². The van der Waals surface area contributed by atoms with Gasteiger partial charge in [-0.2, -0.15) is 13.2 Å². The molecule has 40 heavy (non-hydrogen) atoms. The largest absolute Gasteiger partial charge is 0.495 e. The van der Waals surface area contributed by atoms with Gasteiger partial charge in [0.05, 0.1) is 23.2 Å². The molecule has 0 atom stereocenters. The molecule has 2 N–H and O–H groups in total. The number of fused-ring (bicyclic) bond motifs is 1. The van der Waals surface area contributed by atoms with Gasteiger partial charge in [-0.3, -0.25) is 0 Å². The zero-order valence-electron chi connectivity index (χ0n) is 23.1. The van der Waals surface area contributed by atoms with E-state index in [2.05, 4.69) is 28.6 Å². The molecule has 1 aromatic heterocycles. The maximum absolute atomic E-state index is 13.3. The van der Waals surface area contributed by atoms with Gasteiger partial charge in [0.2, 0.25) is 0 Å². The molecular formula is C29H37F3N4O3S. The predicted octanol–water partition coefficient (Wildman–Crippen LogP) is 5.73. The van der Waals surface area contributed by atoms with E-state index in [1.54, 1.807) is 25.3 Å². The Balaban J connectivity index is 1.32. The maximum atomic E-state index is 13.3. The van der Waals surface area contributed by atoms with Gasteiger partial charge in [0, 0.05) is 36.1 Å². The van der Waals surface area contributed by atoms with Crippen LogP contribution in [-0.2, 0) is 16.4 Å². The Hall–Kier alpha value is -2.92. The van der Waals surface area contributed by atoms with Gasteiger partial charge in [-0.25, -0.2) is 8.42 Å². The molecule has 11 heteroatoms. The number of hydrogen-bond donors (Lipinski definition) is 2. The van der Waals surface area contributed by atoms with Crippen LogP contribution in [0.2, 0.25) is 0 Å². The summed E-state index contributed by atoms with van der Waals surface area (Å²) in [7, 11) is 0.300. The Morgan fingerprint density at radius 2 is 1.77 bits per heavy atom. The second kappa shape index (κ2) is 11.2. The topological polar surface area (TPSA) is 75.6 Å². The summed E-state index contributed by atoms with van der Waals surface area (Å²) < 4.78 is 70.7.